The first-order valence-corrected chi connectivity index (χ1v) is 4.61. The van der Waals surface area contributed by atoms with Crippen molar-refractivity contribution >= 4 is 0 Å². The van der Waals surface area contributed by atoms with Gasteiger partial charge in [0.05, 0.1) is 0 Å². The monoisotopic (exact) mass is 166 g/mol. The fourth-order valence-electron chi connectivity index (χ4n) is 1.00. The first kappa shape index (κ1) is 11.0. The van der Waals surface area contributed by atoms with Crippen LogP contribution in [-0.2, 0) is 6.42 Å². The van der Waals surface area contributed by atoms with E-state index in [0.29, 0.717) is 5.75 Å². The van der Waals surface area contributed by atoms with Gasteiger partial charge in [0.15, 0.2) is 0 Å². The molecule has 0 aliphatic carbocycles. The fourth-order valence-corrected chi connectivity index (χ4v) is 1.00. The van der Waals surface area contributed by atoms with Crippen molar-refractivity contribution in [1.29, 1.82) is 0 Å². The van der Waals surface area contributed by atoms with E-state index in [0.717, 1.165) is 12.8 Å². The van der Waals surface area contributed by atoms with Gasteiger partial charge >= 0.3 is 0 Å². The van der Waals surface area contributed by atoms with E-state index in [2.05, 4.69) is 6.92 Å². The number of aromatic hydroxyl groups is 1. The molecule has 68 valence electrons. The van der Waals surface area contributed by atoms with Crippen molar-refractivity contribution in [3.05, 3.63) is 29.8 Å². The van der Waals surface area contributed by atoms with Crippen LogP contribution in [0.4, 0.5) is 0 Å². The summed E-state index contributed by atoms with van der Waals surface area (Å²) >= 11 is 0. The maximum atomic E-state index is 9.04. The third-order valence-electron chi connectivity index (χ3n) is 1.45. The van der Waals surface area contributed by atoms with Gasteiger partial charge in [0.2, 0.25) is 0 Å². The molecule has 0 spiro atoms. The minimum atomic E-state index is 0.367. The lowest BCUT2D eigenvalue weighted by molar-refractivity contribution is 0.474. The standard InChI is InChI=1S/C9H12O.C2H6/c1-2-4-8-5-3-6-9(10)7-8;1-2/h3,5-7,10H,2,4H2,1H3;1-2H3. The Balaban J connectivity index is 0.000000561. The molecule has 0 unspecified atom stereocenters. The van der Waals surface area contributed by atoms with Gasteiger partial charge in [0.25, 0.3) is 0 Å². The zero-order valence-electron chi connectivity index (χ0n) is 8.17. The summed E-state index contributed by atoms with van der Waals surface area (Å²) in [6.45, 7) is 6.13. The van der Waals surface area contributed by atoms with Gasteiger partial charge in [0, 0.05) is 0 Å². The van der Waals surface area contributed by atoms with Gasteiger partial charge in [-0.05, 0) is 24.1 Å². The van der Waals surface area contributed by atoms with Gasteiger partial charge in [-0.2, -0.15) is 0 Å². The van der Waals surface area contributed by atoms with Crippen LogP contribution >= 0.6 is 0 Å². The molecule has 0 heterocycles. The number of rotatable bonds is 2. The molecule has 0 bridgehead atoms. The van der Waals surface area contributed by atoms with Gasteiger partial charge in [-0.1, -0.05) is 39.3 Å². The predicted octanol–water partition coefficient (Wildman–Crippen LogP) is 3.37. The summed E-state index contributed by atoms with van der Waals surface area (Å²) in [6.07, 6.45) is 2.18. The Morgan fingerprint density at radius 2 is 1.92 bits per heavy atom. The molecule has 1 nitrogen and oxygen atoms in total. The van der Waals surface area contributed by atoms with E-state index in [-0.39, 0.29) is 0 Å². The van der Waals surface area contributed by atoms with Crippen LogP contribution in [0.2, 0.25) is 0 Å². The summed E-state index contributed by atoms with van der Waals surface area (Å²) in [4.78, 5) is 0. The van der Waals surface area contributed by atoms with Crippen LogP contribution in [-0.4, -0.2) is 5.11 Å². The van der Waals surface area contributed by atoms with Crippen molar-refractivity contribution in [2.45, 2.75) is 33.6 Å². The molecular formula is C11H18O. The lowest BCUT2D eigenvalue weighted by Crippen LogP contribution is -1.80. The Morgan fingerprint density at radius 3 is 2.42 bits per heavy atom. The second-order valence-corrected chi connectivity index (χ2v) is 2.42. The van der Waals surface area contributed by atoms with E-state index < -0.39 is 0 Å². The Kier molecular flexibility index (Phi) is 6.16. The molecule has 0 saturated carbocycles. The molecule has 1 aromatic rings. The average Bonchev–Trinajstić information content (AvgIpc) is 2.09. The smallest absolute Gasteiger partial charge is 0.115 e. The van der Waals surface area contributed by atoms with Crippen molar-refractivity contribution in [3.8, 4) is 5.75 Å². The van der Waals surface area contributed by atoms with Crippen LogP contribution in [0.3, 0.4) is 0 Å². The third-order valence-corrected chi connectivity index (χ3v) is 1.45. The molecule has 1 N–H and O–H groups in total. The minimum Gasteiger partial charge on any atom is -0.508 e. The van der Waals surface area contributed by atoms with E-state index in [4.69, 9.17) is 5.11 Å². The van der Waals surface area contributed by atoms with Gasteiger partial charge in [-0.3, -0.25) is 0 Å². The van der Waals surface area contributed by atoms with Crippen LogP contribution in [0.1, 0.15) is 32.8 Å². The lowest BCUT2D eigenvalue weighted by atomic mass is 10.1. The molecule has 0 aliphatic heterocycles. The highest BCUT2D eigenvalue weighted by Crippen LogP contribution is 2.11. The second kappa shape index (κ2) is 6.71. The van der Waals surface area contributed by atoms with Crippen LogP contribution < -0.4 is 0 Å². The van der Waals surface area contributed by atoms with Crippen molar-refractivity contribution in [1.82, 2.24) is 0 Å². The van der Waals surface area contributed by atoms with E-state index in [1.54, 1.807) is 6.07 Å². The molecule has 1 aromatic carbocycles. The van der Waals surface area contributed by atoms with Gasteiger partial charge in [-0.25, -0.2) is 0 Å². The summed E-state index contributed by atoms with van der Waals surface area (Å²) in [6, 6.07) is 7.41. The normalized spacial score (nSPS) is 8.58. The SMILES string of the molecule is CC.CCCc1cccc(O)c1. The van der Waals surface area contributed by atoms with Crippen molar-refractivity contribution < 1.29 is 5.11 Å². The molecule has 0 aliphatic rings. The zero-order valence-corrected chi connectivity index (χ0v) is 8.17. The van der Waals surface area contributed by atoms with Crippen LogP contribution in [0.5, 0.6) is 5.75 Å². The first-order chi connectivity index (χ1) is 5.83. The Hall–Kier alpha value is -0.980. The summed E-state index contributed by atoms with van der Waals surface area (Å²) in [5, 5.41) is 9.04. The number of benzene rings is 1. The predicted molar refractivity (Wildman–Crippen MR) is 53.4 cm³/mol. The van der Waals surface area contributed by atoms with Crippen molar-refractivity contribution in [2.75, 3.05) is 0 Å². The van der Waals surface area contributed by atoms with E-state index in [9.17, 15) is 0 Å². The molecular weight excluding hydrogens is 148 g/mol. The quantitative estimate of drug-likeness (QED) is 0.714. The van der Waals surface area contributed by atoms with Crippen LogP contribution in [0.15, 0.2) is 24.3 Å². The number of phenols is 1. The van der Waals surface area contributed by atoms with Crippen LogP contribution in [0.25, 0.3) is 0 Å². The summed E-state index contributed by atoms with van der Waals surface area (Å²) in [7, 11) is 0. The zero-order chi connectivity index (χ0) is 9.40. The summed E-state index contributed by atoms with van der Waals surface area (Å²) in [5.41, 5.74) is 1.21. The average molecular weight is 166 g/mol. The number of hydrogen-bond donors (Lipinski definition) is 1. The number of hydrogen-bond acceptors (Lipinski definition) is 1. The maximum Gasteiger partial charge on any atom is 0.115 e. The van der Waals surface area contributed by atoms with E-state index in [1.165, 1.54) is 5.56 Å². The number of aryl methyl sites for hydroxylation is 1. The highest BCUT2D eigenvalue weighted by molar-refractivity contribution is 5.26. The molecule has 0 amide bonds. The number of phenolic OH excluding ortho intramolecular Hbond substituents is 1. The molecule has 12 heavy (non-hydrogen) atoms. The lowest BCUT2D eigenvalue weighted by Gasteiger charge is -1.97. The Labute approximate surface area is 75.1 Å². The minimum absolute atomic E-state index is 0.367. The van der Waals surface area contributed by atoms with E-state index in [1.807, 2.05) is 32.0 Å². The van der Waals surface area contributed by atoms with E-state index >= 15 is 0 Å². The highest BCUT2D eigenvalue weighted by atomic mass is 16.3. The largest absolute Gasteiger partial charge is 0.508 e. The molecule has 0 saturated heterocycles. The summed E-state index contributed by atoms with van der Waals surface area (Å²) < 4.78 is 0. The molecule has 0 radical (unpaired) electrons. The topological polar surface area (TPSA) is 20.2 Å². The molecule has 0 aromatic heterocycles. The van der Waals surface area contributed by atoms with Gasteiger partial charge in [0.1, 0.15) is 5.75 Å². The molecule has 1 heteroatoms. The fraction of sp³-hybridized carbons (Fsp3) is 0.455. The second-order valence-electron chi connectivity index (χ2n) is 2.42. The first-order valence-electron chi connectivity index (χ1n) is 4.61. The molecule has 1 rings (SSSR count). The van der Waals surface area contributed by atoms with Gasteiger partial charge in [-0.15, -0.1) is 0 Å². The Bertz CT molecular complexity index is 206. The van der Waals surface area contributed by atoms with Crippen molar-refractivity contribution in [2.24, 2.45) is 0 Å². The summed E-state index contributed by atoms with van der Waals surface area (Å²) in [5.74, 6) is 0.367. The van der Waals surface area contributed by atoms with Crippen molar-refractivity contribution in [3.63, 3.8) is 0 Å². The molecule has 0 atom stereocenters. The van der Waals surface area contributed by atoms with Gasteiger partial charge < -0.3 is 5.11 Å². The van der Waals surface area contributed by atoms with Crippen LogP contribution in [0, 0.1) is 0 Å². The maximum absolute atomic E-state index is 9.04. The third kappa shape index (κ3) is 4.02. The molecule has 0 fully saturated rings. The Morgan fingerprint density at radius 1 is 1.25 bits per heavy atom. The highest BCUT2D eigenvalue weighted by Gasteiger charge is 1.90.